The molecule has 1 saturated carbocycles. The van der Waals surface area contributed by atoms with Gasteiger partial charge in [0.2, 0.25) is 10.0 Å². The largest absolute Gasteiger partial charge is 0.484 e. The first kappa shape index (κ1) is 23.5. The second kappa shape index (κ2) is 9.27. The summed E-state index contributed by atoms with van der Waals surface area (Å²) in [6, 6.07) is 5.06. The Bertz CT molecular complexity index is 1010. The van der Waals surface area contributed by atoms with Crippen molar-refractivity contribution in [1.29, 1.82) is 0 Å². The minimum absolute atomic E-state index is 0.118. The zero-order chi connectivity index (χ0) is 23.6. The number of ether oxygens (including phenoxy) is 2. The summed E-state index contributed by atoms with van der Waals surface area (Å²) in [6.07, 6.45) is 2.74. The molecule has 33 heavy (non-hydrogen) atoms. The molecule has 1 aromatic carbocycles. The minimum Gasteiger partial charge on any atom is -0.484 e. The Morgan fingerprint density at radius 1 is 1.18 bits per heavy atom. The van der Waals surface area contributed by atoms with Crippen molar-refractivity contribution in [1.82, 2.24) is 20.1 Å². The van der Waals surface area contributed by atoms with Crippen LogP contribution in [0.4, 0.5) is 4.79 Å². The summed E-state index contributed by atoms with van der Waals surface area (Å²) in [5.74, 6) is -0.358. The number of hydrogen-bond donors (Lipinski definition) is 2. The van der Waals surface area contributed by atoms with Gasteiger partial charge in [-0.3, -0.25) is 15.0 Å². The monoisotopic (exact) mass is 480 g/mol. The van der Waals surface area contributed by atoms with Crippen LogP contribution in [0.2, 0.25) is 0 Å². The van der Waals surface area contributed by atoms with Gasteiger partial charge in [0, 0.05) is 13.1 Å². The van der Waals surface area contributed by atoms with Crippen LogP contribution in [0.1, 0.15) is 32.6 Å². The summed E-state index contributed by atoms with van der Waals surface area (Å²) in [5, 5.41) is 3.45. The number of carbonyl (C=O) groups excluding carboxylic acids is 3. The van der Waals surface area contributed by atoms with Crippen LogP contribution >= 0.6 is 0 Å². The number of hydrazine groups is 1. The Hall–Kier alpha value is -2.70. The van der Waals surface area contributed by atoms with Gasteiger partial charge in [-0.25, -0.2) is 13.2 Å². The highest BCUT2D eigenvalue weighted by molar-refractivity contribution is 7.89. The smallest absolute Gasteiger partial charge is 0.344 e. The van der Waals surface area contributed by atoms with Crippen molar-refractivity contribution in [3.8, 4) is 5.75 Å². The molecule has 4 rings (SSSR count). The number of morpholine rings is 1. The number of hydrogen-bond acceptors (Lipinski definition) is 7. The van der Waals surface area contributed by atoms with Gasteiger partial charge in [-0.1, -0.05) is 6.92 Å². The Morgan fingerprint density at radius 2 is 1.82 bits per heavy atom. The first-order valence-electron chi connectivity index (χ1n) is 11.0. The fraction of sp³-hybridized carbons (Fsp3) is 0.571. The van der Waals surface area contributed by atoms with Gasteiger partial charge in [-0.2, -0.15) is 9.31 Å². The van der Waals surface area contributed by atoms with Crippen molar-refractivity contribution < 1.29 is 32.3 Å². The average Bonchev–Trinajstić information content (AvgIpc) is 3.04. The van der Waals surface area contributed by atoms with E-state index in [1.54, 1.807) is 0 Å². The number of rotatable bonds is 6. The predicted molar refractivity (Wildman–Crippen MR) is 115 cm³/mol. The van der Waals surface area contributed by atoms with Gasteiger partial charge < -0.3 is 14.8 Å². The maximum atomic E-state index is 12.8. The highest BCUT2D eigenvalue weighted by Gasteiger charge is 2.52. The molecule has 1 aliphatic carbocycles. The Labute approximate surface area is 192 Å². The van der Waals surface area contributed by atoms with Crippen LogP contribution in [-0.2, 0) is 24.3 Å². The number of carbonyl (C=O) groups is 3. The van der Waals surface area contributed by atoms with E-state index in [0.29, 0.717) is 45.1 Å². The molecule has 12 heteroatoms. The third-order valence-corrected chi connectivity index (χ3v) is 8.24. The number of amides is 4. The van der Waals surface area contributed by atoms with E-state index in [2.05, 4.69) is 17.7 Å². The van der Waals surface area contributed by atoms with E-state index < -0.39 is 40.0 Å². The summed E-state index contributed by atoms with van der Waals surface area (Å²) in [4.78, 5) is 37.5. The lowest BCUT2D eigenvalue weighted by Gasteiger charge is -2.33. The van der Waals surface area contributed by atoms with Crippen molar-refractivity contribution in [3.63, 3.8) is 0 Å². The second-order valence-corrected chi connectivity index (χ2v) is 10.6. The van der Waals surface area contributed by atoms with Crippen molar-refractivity contribution in [3.05, 3.63) is 24.3 Å². The van der Waals surface area contributed by atoms with Crippen molar-refractivity contribution in [2.45, 2.75) is 43.0 Å². The van der Waals surface area contributed by atoms with E-state index in [1.807, 2.05) is 0 Å². The molecule has 1 spiro atoms. The summed E-state index contributed by atoms with van der Waals surface area (Å²) < 4.78 is 37.3. The molecule has 2 N–H and O–H groups in total. The number of urea groups is 1. The number of sulfonamides is 1. The molecule has 0 radical (unpaired) electrons. The van der Waals surface area contributed by atoms with Gasteiger partial charge in [0.05, 0.1) is 18.1 Å². The summed E-state index contributed by atoms with van der Waals surface area (Å²) in [7, 11) is -3.63. The molecule has 0 bridgehead atoms. The quantitative estimate of drug-likeness (QED) is 0.570. The SMILES string of the molecule is CC1CCC2(CC1)NC(=O)N(NC(=O)COc1ccc(S(=O)(=O)N3CCOCC3)cc1)C2=O. The van der Waals surface area contributed by atoms with Crippen molar-refractivity contribution in [2.75, 3.05) is 32.9 Å². The molecule has 0 unspecified atom stereocenters. The normalized spacial score (nSPS) is 26.3. The highest BCUT2D eigenvalue weighted by Crippen LogP contribution is 2.35. The molecule has 3 aliphatic rings. The van der Waals surface area contributed by atoms with Gasteiger partial charge in [-0.15, -0.1) is 0 Å². The van der Waals surface area contributed by atoms with Crippen LogP contribution in [0.3, 0.4) is 0 Å². The van der Waals surface area contributed by atoms with Crippen molar-refractivity contribution in [2.24, 2.45) is 5.92 Å². The molecule has 4 amide bonds. The van der Waals surface area contributed by atoms with E-state index in [0.717, 1.165) is 17.9 Å². The van der Waals surface area contributed by atoms with E-state index >= 15 is 0 Å². The molecule has 2 saturated heterocycles. The van der Waals surface area contributed by atoms with E-state index in [1.165, 1.54) is 28.6 Å². The molecule has 3 fully saturated rings. The Kier molecular flexibility index (Phi) is 6.59. The summed E-state index contributed by atoms with van der Waals surface area (Å²) in [6.45, 7) is 2.96. The van der Waals surface area contributed by atoms with Crippen LogP contribution in [-0.4, -0.2) is 74.0 Å². The fourth-order valence-corrected chi connectivity index (χ4v) is 5.67. The maximum absolute atomic E-state index is 12.8. The fourth-order valence-electron chi connectivity index (χ4n) is 4.27. The molecule has 11 nitrogen and oxygen atoms in total. The maximum Gasteiger partial charge on any atom is 0.344 e. The number of benzene rings is 1. The van der Waals surface area contributed by atoms with Crippen LogP contribution in [0, 0.1) is 5.92 Å². The topological polar surface area (TPSA) is 134 Å². The number of nitrogens with one attached hydrogen (secondary N) is 2. The first-order valence-corrected chi connectivity index (χ1v) is 12.4. The summed E-state index contributed by atoms with van der Waals surface area (Å²) in [5.41, 5.74) is 1.36. The molecule has 1 aromatic rings. The van der Waals surface area contributed by atoms with Gasteiger partial charge in [-0.05, 0) is 55.9 Å². The Morgan fingerprint density at radius 3 is 2.45 bits per heavy atom. The van der Waals surface area contributed by atoms with Crippen LogP contribution in [0.5, 0.6) is 5.75 Å². The van der Waals surface area contributed by atoms with E-state index in [9.17, 15) is 22.8 Å². The van der Waals surface area contributed by atoms with E-state index in [-0.39, 0.29) is 10.6 Å². The highest BCUT2D eigenvalue weighted by atomic mass is 32.2. The molecule has 2 heterocycles. The zero-order valence-corrected chi connectivity index (χ0v) is 19.2. The molecule has 180 valence electrons. The van der Waals surface area contributed by atoms with Gasteiger partial charge in [0.1, 0.15) is 11.3 Å². The molecular weight excluding hydrogens is 452 g/mol. The lowest BCUT2D eigenvalue weighted by atomic mass is 9.77. The van der Waals surface area contributed by atoms with Crippen LogP contribution < -0.4 is 15.5 Å². The first-order chi connectivity index (χ1) is 15.7. The van der Waals surface area contributed by atoms with Gasteiger partial charge >= 0.3 is 6.03 Å². The molecule has 2 aliphatic heterocycles. The predicted octanol–water partition coefficient (Wildman–Crippen LogP) is 0.618. The van der Waals surface area contributed by atoms with Gasteiger partial charge in [0.15, 0.2) is 6.61 Å². The van der Waals surface area contributed by atoms with Crippen molar-refractivity contribution >= 4 is 27.9 Å². The third-order valence-electron chi connectivity index (χ3n) is 6.33. The standard InChI is InChI=1S/C21H28N4O7S/c1-15-6-8-21(9-7-15)19(27)25(20(28)22-21)23-18(26)14-32-16-2-4-17(5-3-16)33(29,30)24-10-12-31-13-11-24/h2-5,15H,6-14H2,1H3,(H,22,28)(H,23,26). The molecular formula is C21H28N4O7S. The lowest BCUT2D eigenvalue weighted by Crippen LogP contribution is -2.52. The number of nitrogens with zero attached hydrogens (tertiary/aromatic N) is 2. The molecule has 0 aromatic heterocycles. The lowest BCUT2D eigenvalue weighted by molar-refractivity contribution is -0.140. The molecule has 0 atom stereocenters. The second-order valence-electron chi connectivity index (χ2n) is 8.65. The van der Waals surface area contributed by atoms with Crippen LogP contribution in [0.15, 0.2) is 29.2 Å². The zero-order valence-electron chi connectivity index (χ0n) is 18.4. The minimum atomic E-state index is -3.63. The summed E-state index contributed by atoms with van der Waals surface area (Å²) >= 11 is 0. The van der Waals surface area contributed by atoms with Gasteiger partial charge in [0.25, 0.3) is 11.8 Å². The van der Waals surface area contributed by atoms with Crippen LogP contribution in [0.25, 0.3) is 0 Å². The Balaban J connectivity index is 1.31. The average molecular weight is 481 g/mol. The third kappa shape index (κ3) is 4.82. The number of imide groups is 1. The van der Waals surface area contributed by atoms with E-state index in [4.69, 9.17) is 9.47 Å².